The highest BCUT2D eigenvalue weighted by atomic mass is 32.2. The maximum absolute atomic E-state index is 13.0. The zero-order valence-corrected chi connectivity index (χ0v) is 17.1. The smallest absolute Gasteiger partial charge is 0.257 e. The summed E-state index contributed by atoms with van der Waals surface area (Å²) in [4.78, 5) is 13.8. The summed E-state index contributed by atoms with van der Waals surface area (Å²) in [5.74, 6) is -1.05. The zero-order chi connectivity index (χ0) is 21.6. The Morgan fingerprint density at radius 1 is 0.933 bits per heavy atom. The van der Waals surface area contributed by atoms with Crippen LogP contribution in [0.4, 0.5) is 14.5 Å². The van der Waals surface area contributed by atoms with Gasteiger partial charge in [0.2, 0.25) is 10.0 Å². The molecule has 1 aliphatic rings. The predicted molar refractivity (Wildman–Crippen MR) is 109 cm³/mol. The van der Waals surface area contributed by atoms with Gasteiger partial charge in [0.15, 0.2) is 6.61 Å². The number of ether oxygens (including phenoxy) is 1. The second-order valence-electron chi connectivity index (χ2n) is 6.77. The highest BCUT2D eigenvalue weighted by Crippen LogP contribution is 2.18. The summed E-state index contributed by atoms with van der Waals surface area (Å²) in [6.07, 6.45) is 0. The molecule has 0 saturated carbocycles. The van der Waals surface area contributed by atoms with Gasteiger partial charge in [-0.2, -0.15) is 4.31 Å². The van der Waals surface area contributed by atoms with Gasteiger partial charge in [0.05, 0.1) is 5.75 Å². The number of nitrogens with zero attached hydrogens (tertiary/aromatic N) is 2. The Morgan fingerprint density at radius 3 is 2.10 bits per heavy atom. The maximum atomic E-state index is 13.0. The minimum atomic E-state index is -3.51. The molecule has 0 aliphatic carbocycles. The normalized spacial score (nSPS) is 15.1. The lowest BCUT2D eigenvalue weighted by Gasteiger charge is -2.35. The highest BCUT2D eigenvalue weighted by molar-refractivity contribution is 7.89. The number of hydrogen-bond donors (Lipinski definition) is 1. The molecule has 1 heterocycles. The van der Waals surface area contributed by atoms with Gasteiger partial charge in [-0.1, -0.05) is 0 Å². The molecule has 1 aliphatic heterocycles. The molecule has 7 nitrogen and oxygen atoms in total. The van der Waals surface area contributed by atoms with Crippen molar-refractivity contribution < 1.29 is 26.7 Å². The molecule has 0 radical (unpaired) electrons. The number of benzene rings is 2. The molecule has 2 aromatic carbocycles. The number of carbonyl (C=O) groups excluding carboxylic acids is 1. The Balaban J connectivity index is 1.39. The molecular formula is C20H23F2N3O4S. The number of piperazine rings is 1. The Hall–Kier alpha value is -2.72. The summed E-state index contributed by atoms with van der Waals surface area (Å²) in [6.45, 7) is 1.32. The molecule has 2 aromatic rings. The molecule has 10 heteroatoms. The van der Waals surface area contributed by atoms with E-state index >= 15 is 0 Å². The van der Waals surface area contributed by atoms with Crippen molar-refractivity contribution in [3.05, 3.63) is 60.2 Å². The Morgan fingerprint density at radius 2 is 1.50 bits per heavy atom. The number of amides is 1. The second-order valence-corrected chi connectivity index (χ2v) is 8.86. The van der Waals surface area contributed by atoms with Crippen LogP contribution in [-0.2, 0) is 14.8 Å². The van der Waals surface area contributed by atoms with Crippen molar-refractivity contribution in [1.82, 2.24) is 9.62 Å². The van der Waals surface area contributed by atoms with Crippen molar-refractivity contribution in [2.45, 2.75) is 0 Å². The number of anilines is 1. The summed E-state index contributed by atoms with van der Waals surface area (Å²) in [5, 5.41) is 2.51. The van der Waals surface area contributed by atoms with E-state index in [4.69, 9.17) is 4.74 Å². The fraction of sp³-hybridized carbons (Fsp3) is 0.350. The summed E-state index contributed by atoms with van der Waals surface area (Å²) >= 11 is 0. The van der Waals surface area contributed by atoms with Crippen LogP contribution in [0, 0.1) is 11.6 Å². The van der Waals surface area contributed by atoms with E-state index in [-0.39, 0.29) is 24.7 Å². The number of carbonyl (C=O) groups is 1. The molecule has 0 unspecified atom stereocenters. The standard InChI is InChI=1S/C20H23F2N3O4S/c21-16-1-5-18(6-2-16)24-10-12-25(13-11-24)30(27,28)14-9-23-20(26)15-29-19-7-3-17(22)4-8-19/h1-8H,9-15H2,(H,23,26). The molecule has 0 spiro atoms. The van der Waals surface area contributed by atoms with Crippen LogP contribution < -0.4 is 15.0 Å². The van der Waals surface area contributed by atoms with Crippen molar-refractivity contribution in [2.75, 3.05) is 50.0 Å². The lowest BCUT2D eigenvalue weighted by Crippen LogP contribution is -2.50. The number of rotatable bonds is 8. The SMILES string of the molecule is O=C(COc1ccc(F)cc1)NCCS(=O)(=O)N1CCN(c2ccc(F)cc2)CC1. The third-order valence-electron chi connectivity index (χ3n) is 4.69. The maximum Gasteiger partial charge on any atom is 0.257 e. The third kappa shape index (κ3) is 6.14. The van der Waals surface area contributed by atoms with Gasteiger partial charge in [-0.15, -0.1) is 0 Å². The number of hydrogen-bond acceptors (Lipinski definition) is 5. The van der Waals surface area contributed by atoms with Crippen LogP contribution >= 0.6 is 0 Å². The average molecular weight is 439 g/mol. The first-order valence-electron chi connectivity index (χ1n) is 9.47. The van der Waals surface area contributed by atoms with Crippen molar-refractivity contribution in [3.63, 3.8) is 0 Å². The van der Waals surface area contributed by atoms with Crippen LogP contribution in [-0.4, -0.2) is 63.7 Å². The van der Waals surface area contributed by atoms with E-state index in [1.807, 2.05) is 4.90 Å². The first-order valence-corrected chi connectivity index (χ1v) is 11.1. The summed E-state index contributed by atoms with van der Waals surface area (Å²) < 4.78 is 57.5. The Bertz CT molecular complexity index is 945. The molecule has 30 heavy (non-hydrogen) atoms. The van der Waals surface area contributed by atoms with Crippen molar-refractivity contribution in [1.29, 1.82) is 0 Å². The van der Waals surface area contributed by atoms with Crippen LogP contribution in [0.3, 0.4) is 0 Å². The first-order chi connectivity index (χ1) is 14.3. The summed E-state index contributed by atoms with van der Waals surface area (Å²) in [5.41, 5.74) is 0.849. The predicted octanol–water partition coefficient (Wildman–Crippen LogP) is 1.61. The van der Waals surface area contributed by atoms with E-state index in [0.29, 0.717) is 31.9 Å². The summed E-state index contributed by atoms with van der Waals surface area (Å²) in [7, 11) is -3.51. The van der Waals surface area contributed by atoms with E-state index in [1.165, 1.54) is 40.7 Å². The average Bonchev–Trinajstić information content (AvgIpc) is 2.74. The molecule has 1 saturated heterocycles. The molecule has 162 valence electrons. The molecule has 1 fully saturated rings. The molecule has 1 N–H and O–H groups in total. The van der Waals surface area contributed by atoms with Gasteiger partial charge in [0.25, 0.3) is 5.91 Å². The molecular weight excluding hydrogens is 416 g/mol. The van der Waals surface area contributed by atoms with E-state index in [1.54, 1.807) is 12.1 Å². The topological polar surface area (TPSA) is 78.9 Å². The molecule has 1 amide bonds. The van der Waals surface area contributed by atoms with Crippen molar-refractivity contribution in [3.8, 4) is 5.75 Å². The molecule has 0 aromatic heterocycles. The van der Waals surface area contributed by atoms with Gasteiger partial charge < -0.3 is 15.0 Å². The monoisotopic (exact) mass is 439 g/mol. The van der Waals surface area contributed by atoms with Crippen LogP contribution in [0.2, 0.25) is 0 Å². The lowest BCUT2D eigenvalue weighted by atomic mass is 10.2. The fourth-order valence-corrected chi connectivity index (χ4v) is 4.39. The van der Waals surface area contributed by atoms with Gasteiger partial charge in [0, 0.05) is 38.4 Å². The summed E-state index contributed by atoms with van der Waals surface area (Å²) in [6, 6.07) is 11.3. The Labute approximate surface area is 174 Å². The van der Waals surface area contributed by atoms with E-state index < -0.39 is 21.7 Å². The van der Waals surface area contributed by atoms with E-state index in [9.17, 15) is 22.0 Å². The molecule has 0 bridgehead atoms. The van der Waals surface area contributed by atoms with Crippen LogP contribution in [0.1, 0.15) is 0 Å². The molecule has 0 atom stereocenters. The molecule has 3 rings (SSSR count). The number of sulfonamides is 1. The Kier molecular flexibility index (Phi) is 7.22. The van der Waals surface area contributed by atoms with Crippen LogP contribution in [0.15, 0.2) is 48.5 Å². The van der Waals surface area contributed by atoms with Crippen molar-refractivity contribution in [2.24, 2.45) is 0 Å². The largest absolute Gasteiger partial charge is 0.484 e. The quantitative estimate of drug-likeness (QED) is 0.676. The second kappa shape index (κ2) is 9.86. The van der Waals surface area contributed by atoms with Gasteiger partial charge >= 0.3 is 0 Å². The third-order valence-corrected chi connectivity index (χ3v) is 6.56. The van der Waals surface area contributed by atoms with Crippen LogP contribution in [0.5, 0.6) is 5.75 Å². The first kappa shape index (κ1) is 22.0. The minimum absolute atomic E-state index is 0.0356. The van der Waals surface area contributed by atoms with Gasteiger partial charge in [-0.05, 0) is 48.5 Å². The van der Waals surface area contributed by atoms with Crippen molar-refractivity contribution >= 4 is 21.6 Å². The minimum Gasteiger partial charge on any atom is -0.484 e. The fourth-order valence-electron chi connectivity index (χ4n) is 3.06. The lowest BCUT2D eigenvalue weighted by molar-refractivity contribution is -0.122. The van der Waals surface area contributed by atoms with Crippen LogP contribution in [0.25, 0.3) is 0 Å². The van der Waals surface area contributed by atoms with Gasteiger partial charge in [0.1, 0.15) is 17.4 Å². The van der Waals surface area contributed by atoms with Gasteiger partial charge in [-0.3, -0.25) is 4.79 Å². The highest BCUT2D eigenvalue weighted by Gasteiger charge is 2.26. The number of halogens is 2. The van der Waals surface area contributed by atoms with Gasteiger partial charge in [-0.25, -0.2) is 17.2 Å². The zero-order valence-electron chi connectivity index (χ0n) is 16.3. The number of nitrogens with one attached hydrogen (secondary N) is 1. The van der Waals surface area contributed by atoms with E-state index in [0.717, 1.165) is 5.69 Å². The van der Waals surface area contributed by atoms with E-state index in [2.05, 4.69) is 5.32 Å².